The summed E-state index contributed by atoms with van der Waals surface area (Å²) in [5.41, 5.74) is 2.98. The van der Waals surface area contributed by atoms with E-state index in [1.165, 1.54) is 5.56 Å². The van der Waals surface area contributed by atoms with Crippen LogP contribution in [0.2, 0.25) is 0 Å². The van der Waals surface area contributed by atoms with E-state index in [9.17, 15) is 4.79 Å². The Bertz CT molecular complexity index is 1050. The molecule has 3 aromatic carbocycles. The van der Waals surface area contributed by atoms with Gasteiger partial charge in [-0.15, -0.1) is 0 Å². The molecule has 26 heavy (non-hydrogen) atoms. The van der Waals surface area contributed by atoms with E-state index in [1.54, 1.807) is 6.26 Å². The fraction of sp³-hybridized carbons (Fsp3) is 0.174. The Morgan fingerprint density at radius 1 is 1.00 bits per heavy atom. The lowest BCUT2D eigenvalue weighted by Crippen LogP contribution is -2.28. The van der Waals surface area contributed by atoms with E-state index in [0.717, 1.165) is 27.3 Å². The monoisotopic (exact) mass is 343 g/mol. The lowest BCUT2D eigenvalue weighted by Gasteiger charge is -2.13. The third-order valence-corrected chi connectivity index (χ3v) is 4.87. The van der Waals surface area contributed by atoms with E-state index in [-0.39, 0.29) is 11.8 Å². The van der Waals surface area contributed by atoms with E-state index < -0.39 is 0 Å². The summed E-state index contributed by atoms with van der Waals surface area (Å²) in [5, 5.41) is 6.37. The highest BCUT2D eigenvalue weighted by Crippen LogP contribution is 2.30. The van der Waals surface area contributed by atoms with Gasteiger partial charge in [-0.2, -0.15) is 0 Å². The summed E-state index contributed by atoms with van der Waals surface area (Å²) in [7, 11) is 0. The molecule has 0 bridgehead atoms. The smallest absolute Gasteiger partial charge is 0.224 e. The van der Waals surface area contributed by atoms with E-state index >= 15 is 0 Å². The normalized spacial score (nSPS) is 12.3. The fourth-order valence-electron chi connectivity index (χ4n) is 3.41. The first-order valence-corrected chi connectivity index (χ1v) is 8.92. The Morgan fingerprint density at radius 3 is 2.62 bits per heavy atom. The van der Waals surface area contributed by atoms with Gasteiger partial charge in [-0.05, 0) is 28.3 Å². The van der Waals surface area contributed by atoms with Crippen LogP contribution in [0.5, 0.6) is 0 Å². The molecule has 1 unspecified atom stereocenters. The van der Waals surface area contributed by atoms with Crippen LogP contribution in [0.1, 0.15) is 24.0 Å². The van der Waals surface area contributed by atoms with Crippen molar-refractivity contribution in [2.24, 2.45) is 0 Å². The maximum absolute atomic E-state index is 12.5. The molecular weight excluding hydrogens is 322 g/mol. The Labute approximate surface area is 152 Å². The van der Waals surface area contributed by atoms with Gasteiger partial charge in [0, 0.05) is 17.5 Å². The number of benzene rings is 3. The summed E-state index contributed by atoms with van der Waals surface area (Å²) in [6, 6.07) is 22.4. The van der Waals surface area contributed by atoms with Gasteiger partial charge < -0.3 is 9.73 Å². The summed E-state index contributed by atoms with van der Waals surface area (Å²) >= 11 is 0. The van der Waals surface area contributed by atoms with Crippen LogP contribution in [0.15, 0.2) is 77.4 Å². The predicted octanol–water partition coefficient (Wildman–Crippen LogP) is 5.05. The molecular formula is C23H21NO2. The molecule has 1 aromatic heterocycles. The van der Waals surface area contributed by atoms with Crippen molar-refractivity contribution in [2.75, 3.05) is 6.54 Å². The maximum Gasteiger partial charge on any atom is 0.224 e. The van der Waals surface area contributed by atoms with Crippen LogP contribution in [-0.2, 0) is 11.2 Å². The second-order valence-corrected chi connectivity index (χ2v) is 6.71. The highest BCUT2D eigenvalue weighted by molar-refractivity contribution is 6.08. The Morgan fingerprint density at radius 2 is 1.77 bits per heavy atom. The topological polar surface area (TPSA) is 42.2 Å². The van der Waals surface area contributed by atoms with Gasteiger partial charge in [0.05, 0.1) is 12.7 Å². The lowest BCUT2D eigenvalue weighted by molar-refractivity contribution is -0.120. The van der Waals surface area contributed by atoms with Crippen LogP contribution < -0.4 is 5.32 Å². The van der Waals surface area contributed by atoms with Crippen molar-refractivity contribution < 1.29 is 9.21 Å². The van der Waals surface area contributed by atoms with Crippen LogP contribution in [0.3, 0.4) is 0 Å². The second-order valence-electron chi connectivity index (χ2n) is 6.71. The van der Waals surface area contributed by atoms with E-state index in [2.05, 4.69) is 36.5 Å². The van der Waals surface area contributed by atoms with E-state index in [0.29, 0.717) is 13.0 Å². The quantitative estimate of drug-likeness (QED) is 0.551. The zero-order valence-corrected chi connectivity index (χ0v) is 14.7. The maximum atomic E-state index is 12.5. The molecule has 130 valence electrons. The number of furan rings is 1. The molecule has 0 aliphatic heterocycles. The SMILES string of the molecule is CC(CNC(=O)Cc1coc2ccc3ccccc3c12)c1ccccc1. The number of hydrogen-bond donors (Lipinski definition) is 1. The van der Waals surface area contributed by atoms with Gasteiger partial charge in [0.1, 0.15) is 5.58 Å². The lowest BCUT2D eigenvalue weighted by atomic mass is 10.0. The standard InChI is InChI=1S/C23H21NO2/c1-16(17-7-3-2-4-8-17)14-24-22(25)13-19-15-26-21-12-11-18-9-5-6-10-20(18)23(19)21/h2-12,15-16H,13-14H2,1H3,(H,24,25). The van der Waals surface area contributed by atoms with Crippen LogP contribution in [0.4, 0.5) is 0 Å². The molecule has 1 atom stereocenters. The van der Waals surface area contributed by atoms with Gasteiger partial charge >= 0.3 is 0 Å². The number of nitrogens with one attached hydrogen (secondary N) is 1. The molecule has 3 nitrogen and oxygen atoms in total. The molecule has 0 fully saturated rings. The minimum absolute atomic E-state index is 0.0171. The van der Waals surface area contributed by atoms with E-state index in [4.69, 9.17) is 4.42 Å². The molecule has 0 saturated carbocycles. The largest absolute Gasteiger partial charge is 0.464 e. The minimum atomic E-state index is 0.0171. The number of hydrogen-bond acceptors (Lipinski definition) is 2. The molecule has 0 aliphatic carbocycles. The average molecular weight is 343 g/mol. The van der Waals surface area contributed by atoms with Crippen molar-refractivity contribution in [3.8, 4) is 0 Å². The Balaban J connectivity index is 1.50. The third kappa shape index (κ3) is 3.21. The van der Waals surface area contributed by atoms with Crippen molar-refractivity contribution >= 4 is 27.6 Å². The molecule has 0 spiro atoms. The molecule has 0 saturated heterocycles. The van der Waals surface area contributed by atoms with Gasteiger partial charge in [-0.25, -0.2) is 0 Å². The van der Waals surface area contributed by atoms with Gasteiger partial charge in [0.15, 0.2) is 0 Å². The van der Waals surface area contributed by atoms with Crippen molar-refractivity contribution in [2.45, 2.75) is 19.3 Å². The second kappa shape index (κ2) is 7.04. The summed E-state index contributed by atoms with van der Waals surface area (Å²) in [6.07, 6.45) is 2.03. The minimum Gasteiger partial charge on any atom is -0.464 e. The molecule has 0 aliphatic rings. The average Bonchev–Trinajstić information content (AvgIpc) is 3.10. The summed E-state index contributed by atoms with van der Waals surface area (Å²) < 4.78 is 5.67. The van der Waals surface area contributed by atoms with Crippen molar-refractivity contribution in [1.29, 1.82) is 0 Å². The molecule has 1 amide bonds. The highest BCUT2D eigenvalue weighted by Gasteiger charge is 2.14. The number of amides is 1. The summed E-state index contributed by atoms with van der Waals surface area (Å²) in [4.78, 5) is 12.5. The first-order valence-electron chi connectivity index (χ1n) is 8.92. The number of rotatable bonds is 5. The zero-order chi connectivity index (χ0) is 17.9. The molecule has 3 heteroatoms. The fourth-order valence-corrected chi connectivity index (χ4v) is 3.41. The first kappa shape index (κ1) is 16.4. The van der Waals surface area contributed by atoms with Crippen LogP contribution in [0.25, 0.3) is 21.7 Å². The van der Waals surface area contributed by atoms with Crippen molar-refractivity contribution in [3.63, 3.8) is 0 Å². The van der Waals surface area contributed by atoms with Gasteiger partial charge in [0.2, 0.25) is 5.91 Å². The first-order chi connectivity index (χ1) is 12.7. The Kier molecular flexibility index (Phi) is 4.44. The van der Waals surface area contributed by atoms with Gasteiger partial charge in [0.25, 0.3) is 0 Å². The molecule has 4 rings (SSSR count). The number of fused-ring (bicyclic) bond motifs is 3. The zero-order valence-electron chi connectivity index (χ0n) is 14.7. The molecule has 0 radical (unpaired) electrons. The van der Waals surface area contributed by atoms with Crippen LogP contribution in [0, 0.1) is 0 Å². The number of carbonyl (C=O) groups excluding carboxylic acids is 1. The van der Waals surface area contributed by atoms with Gasteiger partial charge in [-0.1, -0.05) is 67.6 Å². The molecule has 4 aromatic rings. The number of carbonyl (C=O) groups is 1. The van der Waals surface area contributed by atoms with Crippen molar-refractivity contribution in [3.05, 3.63) is 84.1 Å². The Hall–Kier alpha value is -3.07. The van der Waals surface area contributed by atoms with Crippen LogP contribution in [-0.4, -0.2) is 12.5 Å². The van der Waals surface area contributed by atoms with E-state index in [1.807, 2.05) is 42.5 Å². The molecule has 1 heterocycles. The molecule has 1 N–H and O–H groups in total. The van der Waals surface area contributed by atoms with Crippen molar-refractivity contribution in [1.82, 2.24) is 5.32 Å². The summed E-state index contributed by atoms with van der Waals surface area (Å²) in [5.74, 6) is 0.297. The summed E-state index contributed by atoms with van der Waals surface area (Å²) in [6.45, 7) is 2.75. The predicted molar refractivity (Wildman–Crippen MR) is 105 cm³/mol. The van der Waals surface area contributed by atoms with Gasteiger partial charge in [-0.3, -0.25) is 4.79 Å². The van der Waals surface area contributed by atoms with Crippen LogP contribution >= 0.6 is 0 Å². The third-order valence-electron chi connectivity index (χ3n) is 4.87. The highest BCUT2D eigenvalue weighted by atomic mass is 16.3.